The van der Waals surface area contributed by atoms with Gasteiger partial charge in [0.05, 0.1) is 11.4 Å². The zero-order chi connectivity index (χ0) is 15.6. The van der Waals surface area contributed by atoms with Crippen LogP contribution in [0, 0.1) is 0 Å². The normalized spacial score (nSPS) is 10.7. The Morgan fingerprint density at radius 3 is 2.33 bits per heavy atom. The molecule has 2 rings (SSSR count). The third-order valence-corrected chi connectivity index (χ3v) is 3.72. The summed E-state index contributed by atoms with van der Waals surface area (Å²) in [5.74, 6) is 0.328. The molecule has 0 fully saturated rings. The Labute approximate surface area is 130 Å². The van der Waals surface area contributed by atoms with Crippen LogP contribution in [-0.4, -0.2) is 13.0 Å². The minimum Gasteiger partial charge on any atom is -0.397 e. The first-order valence-corrected chi connectivity index (χ1v) is 7.21. The summed E-state index contributed by atoms with van der Waals surface area (Å²) >= 11 is 5.97. The Bertz CT molecular complexity index is 650. The summed E-state index contributed by atoms with van der Waals surface area (Å²) in [4.78, 5) is 14.0. The molecule has 110 valence electrons. The number of halogens is 1. The van der Waals surface area contributed by atoms with Crippen molar-refractivity contribution in [1.29, 1.82) is 0 Å². The minimum absolute atomic E-state index is 0.112. The summed E-state index contributed by atoms with van der Waals surface area (Å²) in [6, 6.07) is 12.7. The van der Waals surface area contributed by atoms with Crippen LogP contribution < -0.4 is 10.6 Å². The molecular formula is C17H19ClN2O. The summed E-state index contributed by atoms with van der Waals surface area (Å²) in [6.07, 6.45) is 0. The van der Waals surface area contributed by atoms with Crippen molar-refractivity contribution in [2.75, 3.05) is 17.7 Å². The van der Waals surface area contributed by atoms with Gasteiger partial charge in [0, 0.05) is 17.6 Å². The molecule has 21 heavy (non-hydrogen) atoms. The lowest BCUT2D eigenvalue weighted by Gasteiger charge is -2.20. The second-order valence-electron chi connectivity index (χ2n) is 5.34. The van der Waals surface area contributed by atoms with Gasteiger partial charge in [-0.3, -0.25) is 4.79 Å². The highest BCUT2D eigenvalue weighted by atomic mass is 35.5. The molecule has 0 aromatic heterocycles. The Balaban J connectivity index is 2.28. The predicted octanol–water partition coefficient (Wildman–Crippen LogP) is 4.32. The van der Waals surface area contributed by atoms with Gasteiger partial charge >= 0.3 is 0 Å². The number of benzene rings is 2. The Morgan fingerprint density at radius 2 is 1.76 bits per heavy atom. The minimum atomic E-state index is -0.112. The standard InChI is InChI=1S/C17H19ClN2O/c1-11(2)12-4-6-13(7-5-12)17(21)20(3)16-10-14(18)8-9-15(16)19/h4-11H,19H2,1-3H3. The Kier molecular flexibility index (Phi) is 4.53. The zero-order valence-corrected chi connectivity index (χ0v) is 13.2. The van der Waals surface area contributed by atoms with Gasteiger partial charge in [-0.15, -0.1) is 0 Å². The molecule has 0 bridgehead atoms. The second-order valence-corrected chi connectivity index (χ2v) is 5.78. The van der Waals surface area contributed by atoms with E-state index in [-0.39, 0.29) is 5.91 Å². The number of carbonyl (C=O) groups is 1. The maximum Gasteiger partial charge on any atom is 0.258 e. The molecule has 0 unspecified atom stereocenters. The predicted molar refractivity (Wildman–Crippen MR) is 89.1 cm³/mol. The first kappa shape index (κ1) is 15.4. The molecule has 0 aliphatic carbocycles. The third kappa shape index (κ3) is 3.37. The van der Waals surface area contributed by atoms with E-state index in [4.69, 9.17) is 17.3 Å². The largest absolute Gasteiger partial charge is 0.397 e. The lowest BCUT2D eigenvalue weighted by Crippen LogP contribution is -2.27. The molecule has 2 aromatic carbocycles. The van der Waals surface area contributed by atoms with Crippen LogP contribution >= 0.6 is 11.6 Å². The second kappa shape index (κ2) is 6.19. The smallest absolute Gasteiger partial charge is 0.258 e. The van der Waals surface area contributed by atoms with Crippen LogP contribution in [0.5, 0.6) is 0 Å². The quantitative estimate of drug-likeness (QED) is 0.858. The lowest BCUT2D eigenvalue weighted by molar-refractivity contribution is 0.0993. The molecule has 0 spiro atoms. The number of nitrogen functional groups attached to an aromatic ring is 1. The van der Waals surface area contributed by atoms with E-state index in [1.807, 2.05) is 24.3 Å². The van der Waals surface area contributed by atoms with Gasteiger partial charge in [0.2, 0.25) is 0 Å². The number of hydrogen-bond donors (Lipinski definition) is 1. The first-order valence-electron chi connectivity index (χ1n) is 6.83. The van der Waals surface area contributed by atoms with Crippen molar-refractivity contribution in [3.05, 3.63) is 58.6 Å². The van der Waals surface area contributed by atoms with Crippen molar-refractivity contribution in [1.82, 2.24) is 0 Å². The molecule has 0 radical (unpaired) electrons. The number of anilines is 2. The third-order valence-electron chi connectivity index (χ3n) is 3.48. The van der Waals surface area contributed by atoms with E-state index in [1.165, 1.54) is 10.5 Å². The summed E-state index contributed by atoms with van der Waals surface area (Å²) < 4.78 is 0. The molecule has 3 nitrogen and oxygen atoms in total. The topological polar surface area (TPSA) is 46.3 Å². The van der Waals surface area contributed by atoms with E-state index in [1.54, 1.807) is 25.2 Å². The molecule has 0 heterocycles. The van der Waals surface area contributed by atoms with E-state index in [0.29, 0.717) is 27.9 Å². The van der Waals surface area contributed by atoms with Crippen LogP contribution in [0.1, 0.15) is 35.7 Å². The van der Waals surface area contributed by atoms with Crippen LogP contribution in [-0.2, 0) is 0 Å². The highest BCUT2D eigenvalue weighted by Gasteiger charge is 2.16. The van der Waals surface area contributed by atoms with E-state index < -0.39 is 0 Å². The highest BCUT2D eigenvalue weighted by Crippen LogP contribution is 2.27. The number of nitrogens with zero attached hydrogens (tertiary/aromatic N) is 1. The van der Waals surface area contributed by atoms with Gasteiger partial charge in [-0.25, -0.2) is 0 Å². The summed E-state index contributed by atoms with van der Waals surface area (Å²) in [6.45, 7) is 4.24. The number of carbonyl (C=O) groups excluding carboxylic acids is 1. The van der Waals surface area contributed by atoms with Gasteiger partial charge in [-0.1, -0.05) is 37.6 Å². The fourth-order valence-corrected chi connectivity index (χ4v) is 2.29. The zero-order valence-electron chi connectivity index (χ0n) is 12.4. The Hall–Kier alpha value is -2.00. The van der Waals surface area contributed by atoms with Crippen LogP contribution in [0.25, 0.3) is 0 Å². The maximum atomic E-state index is 12.5. The first-order chi connectivity index (χ1) is 9.90. The average Bonchev–Trinajstić information content (AvgIpc) is 2.48. The van der Waals surface area contributed by atoms with Crippen molar-refractivity contribution in [3.8, 4) is 0 Å². The molecule has 4 heteroatoms. The fourth-order valence-electron chi connectivity index (χ4n) is 2.12. The molecule has 2 N–H and O–H groups in total. The van der Waals surface area contributed by atoms with E-state index in [2.05, 4.69) is 13.8 Å². The molecule has 0 aliphatic heterocycles. The number of hydrogen-bond acceptors (Lipinski definition) is 2. The lowest BCUT2D eigenvalue weighted by atomic mass is 10.0. The monoisotopic (exact) mass is 302 g/mol. The van der Waals surface area contributed by atoms with Crippen molar-refractivity contribution < 1.29 is 4.79 Å². The Morgan fingerprint density at radius 1 is 1.14 bits per heavy atom. The van der Waals surface area contributed by atoms with Gasteiger partial charge in [0.25, 0.3) is 5.91 Å². The van der Waals surface area contributed by atoms with Gasteiger partial charge in [0.1, 0.15) is 0 Å². The fraction of sp³-hybridized carbons (Fsp3) is 0.235. The summed E-state index contributed by atoms with van der Waals surface area (Å²) in [5.41, 5.74) is 8.88. The number of rotatable bonds is 3. The van der Waals surface area contributed by atoms with Crippen molar-refractivity contribution in [2.45, 2.75) is 19.8 Å². The average molecular weight is 303 g/mol. The van der Waals surface area contributed by atoms with Gasteiger partial charge in [-0.05, 0) is 41.8 Å². The van der Waals surface area contributed by atoms with Crippen molar-refractivity contribution in [3.63, 3.8) is 0 Å². The number of nitrogens with two attached hydrogens (primary N) is 1. The molecule has 2 aromatic rings. The molecule has 0 saturated heterocycles. The molecule has 1 amide bonds. The van der Waals surface area contributed by atoms with E-state index >= 15 is 0 Å². The van der Waals surface area contributed by atoms with Crippen LogP contribution in [0.2, 0.25) is 5.02 Å². The molecule has 0 saturated carbocycles. The maximum absolute atomic E-state index is 12.5. The van der Waals surface area contributed by atoms with Gasteiger partial charge in [-0.2, -0.15) is 0 Å². The molecule has 0 aliphatic rings. The summed E-state index contributed by atoms with van der Waals surface area (Å²) in [7, 11) is 1.70. The van der Waals surface area contributed by atoms with Crippen LogP contribution in [0.3, 0.4) is 0 Å². The summed E-state index contributed by atoms with van der Waals surface area (Å²) in [5, 5.41) is 0.550. The molecule has 0 atom stereocenters. The highest BCUT2D eigenvalue weighted by molar-refractivity contribution is 6.31. The van der Waals surface area contributed by atoms with Gasteiger partial charge < -0.3 is 10.6 Å². The van der Waals surface area contributed by atoms with Crippen LogP contribution in [0.4, 0.5) is 11.4 Å². The van der Waals surface area contributed by atoms with E-state index in [0.717, 1.165) is 0 Å². The van der Waals surface area contributed by atoms with Crippen LogP contribution in [0.15, 0.2) is 42.5 Å². The van der Waals surface area contributed by atoms with E-state index in [9.17, 15) is 4.79 Å². The SMILES string of the molecule is CC(C)c1ccc(C(=O)N(C)c2cc(Cl)ccc2N)cc1. The van der Waals surface area contributed by atoms with Gasteiger partial charge in [0.15, 0.2) is 0 Å². The van der Waals surface area contributed by atoms with Crippen molar-refractivity contribution >= 4 is 28.9 Å². The molecular weight excluding hydrogens is 284 g/mol. The number of amides is 1. The van der Waals surface area contributed by atoms with Crippen molar-refractivity contribution in [2.24, 2.45) is 0 Å².